The molecule has 0 saturated heterocycles. The third-order valence-corrected chi connectivity index (χ3v) is 4.34. The average Bonchev–Trinajstić information content (AvgIpc) is 3.23. The van der Waals surface area contributed by atoms with Crippen molar-refractivity contribution in [3.05, 3.63) is 35.4 Å². The highest BCUT2D eigenvalue weighted by Gasteiger charge is 2.35. The van der Waals surface area contributed by atoms with Crippen LogP contribution in [-0.4, -0.2) is 30.6 Å². The fourth-order valence-electron chi connectivity index (χ4n) is 3.13. The van der Waals surface area contributed by atoms with E-state index in [1.807, 2.05) is 0 Å². The van der Waals surface area contributed by atoms with Gasteiger partial charge in [0.15, 0.2) is 0 Å². The fraction of sp³-hybridized carbons (Fsp3) is 0.667. The highest BCUT2D eigenvalue weighted by Crippen LogP contribution is 2.33. The lowest BCUT2D eigenvalue weighted by Gasteiger charge is -2.36. The summed E-state index contributed by atoms with van der Waals surface area (Å²) in [5, 5.41) is 3.53. The average molecular weight is 274 g/mol. The minimum absolute atomic E-state index is 0.412. The number of nitrogens with one attached hydrogen (secondary N) is 1. The maximum atomic E-state index is 3.53. The number of hydrogen-bond acceptors (Lipinski definition) is 2. The molecule has 1 saturated carbocycles. The molecule has 1 aliphatic rings. The lowest BCUT2D eigenvalue weighted by Crippen LogP contribution is -2.45. The molecular formula is C18H30N2. The Morgan fingerprint density at radius 3 is 2.20 bits per heavy atom. The minimum atomic E-state index is 0.412. The zero-order valence-electron chi connectivity index (χ0n) is 13.7. The first-order chi connectivity index (χ1) is 9.52. The summed E-state index contributed by atoms with van der Waals surface area (Å²) in [6.07, 6.45) is 2.75. The molecular weight excluding hydrogens is 244 g/mol. The first kappa shape index (κ1) is 15.5. The van der Waals surface area contributed by atoms with Crippen LogP contribution >= 0.6 is 0 Å². The van der Waals surface area contributed by atoms with Crippen LogP contribution in [0.2, 0.25) is 0 Å². The van der Waals surface area contributed by atoms with Gasteiger partial charge in [-0.05, 0) is 45.2 Å². The van der Waals surface area contributed by atoms with Gasteiger partial charge >= 0.3 is 0 Å². The number of rotatable bonds is 7. The molecule has 2 heteroatoms. The van der Waals surface area contributed by atoms with Crippen LogP contribution in [0.25, 0.3) is 0 Å². The summed E-state index contributed by atoms with van der Waals surface area (Å²) in [6, 6.07) is 10.7. The molecule has 20 heavy (non-hydrogen) atoms. The molecule has 0 bridgehead atoms. The summed E-state index contributed by atoms with van der Waals surface area (Å²) in [5.74, 6) is 0.730. The van der Waals surface area contributed by atoms with E-state index in [9.17, 15) is 0 Å². The minimum Gasteiger partial charge on any atom is -0.312 e. The van der Waals surface area contributed by atoms with Gasteiger partial charge in [0.2, 0.25) is 0 Å². The summed E-state index contributed by atoms with van der Waals surface area (Å²) in [5.41, 5.74) is 2.73. The van der Waals surface area contributed by atoms with Crippen molar-refractivity contribution in [2.24, 2.45) is 5.92 Å². The first-order valence-corrected chi connectivity index (χ1v) is 8.02. The molecule has 2 atom stereocenters. The molecule has 1 N–H and O–H groups in total. The van der Waals surface area contributed by atoms with Crippen LogP contribution in [0.3, 0.4) is 0 Å². The predicted octanol–water partition coefficient (Wildman–Crippen LogP) is 3.76. The first-order valence-electron chi connectivity index (χ1n) is 8.02. The van der Waals surface area contributed by atoms with Crippen LogP contribution in [0.15, 0.2) is 24.3 Å². The molecule has 0 amide bonds. The van der Waals surface area contributed by atoms with Gasteiger partial charge in [-0.2, -0.15) is 0 Å². The van der Waals surface area contributed by atoms with Crippen molar-refractivity contribution in [1.29, 1.82) is 0 Å². The standard InChI is InChI=1S/C18H30N2/c1-13(2)12-20(17-10-11-17)15(4)18(19-5)16-8-6-14(3)7-9-16/h6-9,13,15,17-19H,10-12H2,1-5H3. The second kappa shape index (κ2) is 6.73. The van der Waals surface area contributed by atoms with Crippen LogP contribution in [0, 0.1) is 12.8 Å². The van der Waals surface area contributed by atoms with E-state index >= 15 is 0 Å². The molecule has 2 nitrogen and oxygen atoms in total. The van der Waals surface area contributed by atoms with E-state index in [-0.39, 0.29) is 0 Å². The fourth-order valence-corrected chi connectivity index (χ4v) is 3.13. The van der Waals surface area contributed by atoms with Gasteiger partial charge in [0.25, 0.3) is 0 Å². The topological polar surface area (TPSA) is 15.3 Å². The van der Waals surface area contributed by atoms with Crippen LogP contribution in [-0.2, 0) is 0 Å². The maximum absolute atomic E-state index is 3.53. The van der Waals surface area contributed by atoms with E-state index in [0.29, 0.717) is 12.1 Å². The molecule has 1 fully saturated rings. The van der Waals surface area contributed by atoms with Gasteiger partial charge < -0.3 is 5.32 Å². The number of hydrogen-bond donors (Lipinski definition) is 1. The third-order valence-electron chi connectivity index (χ3n) is 4.34. The van der Waals surface area contributed by atoms with Crippen molar-refractivity contribution in [3.8, 4) is 0 Å². The molecule has 1 aromatic carbocycles. The molecule has 0 spiro atoms. The third kappa shape index (κ3) is 3.83. The van der Waals surface area contributed by atoms with Crippen molar-refractivity contribution < 1.29 is 0 Å². The Morgan fingerprint density at radius 2 is 1.75 bits per heavy atom. The van der Waals surface area contributed by atoms with Gasteiger partial charge in [-0.3, -0.25) is 4.90 Å². The lowest BCUT2D eigenvalue weighted by atomic mass is 9.97. The van der Waals surface area contributed by atoms with E-state index in [2.05, 4.69) is 69.2 Å². The predicted molar refractivity (Wildman–Crippen MR) is 87.0 cm³/mol. The number of nitrogens with zero attached hydrogens (tertiary/aromatic N) is 1. The maximum Gasteiger partial charge on any atom is 0.0473 e. The molecule has 0 heterocycles. The Hall–Kier alpha value is -0.860. The Labute approximate surface area is 124 Å². The van der Waals surface area contributed by atoms with Gasteiger partial charge in [0.1, 0.15) is 0 Å². The number of benzene rings is 1. The molecule has 1 aromatic rings. The second-order valence-corrected chi connectivity index (χ2v) is 6.74. The SMILES string of the molecule is CNC(c1ccc(C)cc1)C(C)N(CC(C)C)C1CC1. The molecule has 112 valence electrons. The van der Waals surface area contributed by atoms with Crippen molar-refractivity contribution in [3.63, 3.8) is 0 Å². The summed E-state index contributed by atoms with van der Waals surface area (Å²) < 4.78 is 0. The Kier molecular flexibility index (Phi) is 5.22. The van der Waals surface area contributed by atoms with E-state index in [1.165, 1.54) is 30.5 Å². The molecule has 0 aliphatic heterocycles. The molecule has 2 rings (SSSR count). The van der Waals surface area contributed by atoms with Gasteiger partial charge in [0, 0.05) is 24.7 Å². The lowest BCUT2D eigenvalue weighted by molar-refractivity contribution is 0.145. The molecule has 0 radical (unpaired) electrons. The van der Waals surface area contributed by atoms with Gasteiger partial charge in [0.05, 0.1) is 0 Å². The van der Waals surface area contributed by atoms with E-state index in [4.69, 9.17) is 0 Å². The van der Waals surface area contributed by atoms with Gasteiger partial charge in [-0.25, -0.2) is 0 Å². The van der Waals surface area contributed by atoms with E-state index in [1.54, 1.807) is 0 Å². The Morgan fingerprint density at radius 1 is 1.15 bits per heavy atom. The van der Waals surface area contributed by atoms with Crippen LogP contribution in [0.4, 0.5) is 0 Å². The number of aryl methyl sites for hydroxylation is 1. The second-order valence-electron chi connectivity index (χ2n) is 6.74. The van der Waals surface area contributed by atoms with Crippen LogP contribution in [0.5, 0.6) is 0 Å². The summed E-state index contributed by atoms with van der Waals surface area (Å²) >= 11 is 0. The Balaban J connectivity index is 2.13. The Bertz CT molecular complexity index is 406. The zero-order valence-corrected chi connectivity index (χ0v) is 13.7. The highest BCUT2D eigenvalue weighted by atomic mass is 15.2. The monoisotopic (exact) mass is 274 g/mol. The summed E-state index contributed by atoms with van der Waals surface area (Å²) in [7, 11) is 2.08. The quantitative estimate of drug-likeness (QED) is 0.814. The summed E-state index contributed by atoms with van der Waals surface area (Å²) in [6.45, 7) is 10.4. The highest BCUT2D eigenvalue weighted by molar-refractivity contribution is 5.25. The largest absolute Gasteiger partial charge is 0.312 e. The van der Waals surface area contributed by atoms with E-state index in [0.717, 1.165) is 12.0 Å². The molecule has 1 aliphatic carbocycles. The van der Waals surface area contributed by atoms with Crippen molar-refractivity contribution in [1.82, 2.24) is 10.2 Å². The number of likely N-dealkylation sites (N-methyl/N-ethyl adjacent to an activating group) is 1. The van der Waals surface area contributed by atoms with Crippen LogP contribution < -0.4 is 5.32 Å². The molecule has 2 unspecified atom stereocenters. The zero-order chi connectivity index (χ0) is 14.7. The van der Waals surface area contributed by atoms with E-state index < -0.39 is 0 Å². The van der Waals surface area contributed by atoms with Crippen molar-refractivity contribution in [2.45, 2.75) is 58.7 Å². The smallest absolute Gasteiger partial charge is 0.0473 e. The molecule has 0 aromatic heterocycles. The van der Waals surface area contributed by atoms with Crippen LogP contribution in [0.1, 0.15) is 50.8 Å². The van der Waals surface area contributed by atoms with Gasteiger partial charge in [-0.1, -0.05) is 43.7 Å². The normalized spacial score (nSPS) is 18.6. The van der Waals surface area contributed by atoms with Gasteiger partial charge in [-0.15, -0.1) is 0 Å². The van der Waals surface area contributed by atoms with Crippen molar-refractivity contribution in [2.75, 3.05) is 13.6 Å². The summed E-state index contributed by atoms with van der Waals surface area (Å²) in [4.78, 5) is 2.71. The van der Waals surface area contributed by atoms with Crippen molar-refractivity contribution >= 4 is 0 Å².